The van der Waals surface area contributed by atoms with E-state index in [2.05, 4.69) is 13.0 Å². The Balaban J connectivity index is 2.36. The van der Waals surface area contributed by atoms with Crippen molar-refractivity contribution in [2.24, 2.45) is 5.73 Å². The quantitative estimate of drug-likeness (QED) is 0.852. The lowest BCUT2D eigenvalue weighted by Crippen LogP contribution is -2.10. The minimum absolute atomic E-state index is 0.290. The smallest absolute Gasteiger partial charge is 0.139 e. The van der Waals surface area contributed by atoms with Gasteiger partial charge in [0, 0.05) is 11.1 Å². The summed E-state index contributed by atoms with van der Waals surface area (Å²) < 4.78 is 5.84. The number of halogens is 1. The van der Waals surface area contributed by atoms with Crippen LogP contribution in [0.5, 0.6) is 11.5 Å². The molecular weight excluding hydrogens is 278 g/mol. The van der Waals surface area contributed by atoms with Crippen molar-refractivity contribution in [3.05, 3.63) is 58.6 Å². The summed E-state index contributed by atoms with van der Waals surface area (Å²) in [5.74, 6) is 1.33. The van der Waals surface area contributed by atoms with E-state index >= 15 is 0 Å². The van der Waals surface area contributed by atoms with Crippen LogP contribution >= 0.6 is 23.8 Å². The molecule has 0 saturated heterocycles. The predicted molar refractivity (Wildman–Crippen MR) is 83.2 cm³/mol. The first-order chi connectivity index (χ1) is 9.10. The molecule has 0 aliphatic rings. The molecule has 0 amide bonds. The molecule has 4 heteroatoms. The predicted octanol–water partition coefficient (Wildman–Crippen LogP) is 4.33. The second kappa shape index (κ2) is 6.04. The molecule has 0 aliphatic carbocycles. The van der Waals surface area contributed by atoms with Crippen molar-refractivity contribution < 1.29 is 4.74 Å². The van der Waals surface area contributed by atoms with Crippen LogP contribution in [0.4, 0.5) is 0 Å². The normalized spacial score (nSPS) is 10.2. The zero-order chi connectivity index (χ0) is 13.8. The van der Waals surface area contributed by atoms with Crippen molar-refractivity contribution in [1.29, 1.82) is 0 Å². The molecule has 19 heavy (non-hydrogen) atoms. The Kier molecular flexibility index (Phi) is 4.40. The fourth-order valence-electron chi connectivity index (χ4n) is 1.74. The van der Waals surface area contributed by atoms with E-state index in [1.165, 1.54) is 5.56 Å². The molecule has 2 nitrogen and oxygen atoms in total. The Hall–Kier alpha value is -1.58. The van der Waals surface area contributed by atoms with Crippen molar-refractivity contribution in [2.45, 2.75) is 13.3 Å². The fraction of sp³-hybridized carbons (Fsp3) is 0.133. The van der Waals surface area contributed by atoms with Crippen molar-refractivity contribution in [3.63, 3.8) is 0 Å². The van der Waals surface area contributed by atoms with Gasteiger partial charge in [0.1, 0.15) is 16.5 Å². The number of benzene rings is 2. The first-order valence-corrected chi connectivity index (χ1v) is 6.75. The standard InChI is InChI=1S/C15H14ClNOS/c1-2-10-4-3-5-12(8-10)18-14-9-11(16)6-7-13(14)15(17)19/h3-9H,2H2,1H3,(H2,17,19). The average Bonchev–Trinajstić information content (AvgIpc) is 2.38. The van der Waals surface area contributed by atoms with Crippen molar-refractivity contribution in [2.75, 3.05) is 0 Å². The highest BCUT2D eigenvalue weighted by atomic mass is 35.5. The highest BCUT2D eigenvalue weighted by molar-refractivity contribution is 7.80. The number of hydrogen-bond acceptors (Lipinski definition) is 2. The largest absolute Gasteiger partial charge is 0.457 e. The molecule has 0 bridgehead atoms. The van der Waals surface area contributed by atoms with Gasteiger partial charge in [0.2, 0.25) is 0 Å². The third-order valence-electron chi connectivity index (χ3n) is 2.74. The Bertz CT molecular complexity index is 613. The molecule has 0 aromatic heterocycles. The second-order valence-corrected chi connectivity index (χ2v) is 4.98. The van der Waals surface area contributed by atoms with Crippen LogP contribution in [0.2, 0.25) is 5.02 Å². The molecule has 0 saturated carbocycles. The summed E-state index contributed by atoms with van der Waals surface area (Å²) >= 11 is 11.0. The van der Waals surface area contributed by atoms with E-state index in [9.17, 15) is 0 Å². The van der Waals surface area contributed by atoms with Crippen LogP contribution in [0.3, 0.4) is 0 Å². The van der Waals surface area contributed by atoms with Crippen LogP contribution in [0.1, 0.15) is 18.1 Å². The van der Waals surface area contributed by atoms with E-state index in [1.807, 2.05) is 18.2 Å². The van der Waals surface area contributed by atoms with Gasteiger partial charge >= 0.3 is 0 Å². The van der Waals surface area contributed by atoms with Crippen LogP contribution in [-0.2, 0) is 6.42 Å². The molecule has 2 rings (SSSR count). The highest BCUT2D eigenvalue weighted by Crippen LogP contribution is 2.29. The maximum Gasteiger partial charge on any atom is 0.139 e. The SMILES string of the molecule is CCc1cccc(Oc2cc(Cl)ccc2C(N)=S)c1. The third-order valence-corrected chi connectivity index (χ3v) is 3.20. The molecule has 0 aliphatic heterocycles. The van der Waals surface area contributed by atoms with E-state index in [1.54, 1.807) is 18.2 Å². The number of hydrogen-bond donors (Lipinski definition) is 1. The van der Waals surface area contributed by atoms with Gasteiger partial charge in [-0.1, -0.05) is 42.9 Å². The molecule has 0 unspecified atom stereocenters. The average molecular weight is 292 g/mol. The Labute approximate surface area is 123 Å². The Morgan fingerprint density at radius 1 is 1.26 bits per heavy atom. The van der Waals surface area contributed by atoms with Gasteiger partial charge in [-0.2, -0.15) is 0 Å². The monoisotopic (exact) mass is 291 g/mol. The van der Waals surface area contributed by atoms with Gasteiger partial charge in [0.05, 0.1) is 5.56 Å². The topological polar surface area (TPSA) is 35.2 Å². The van der Waals surface area contributed by atoms with Gasteiger partial charge in [0.15, 0.2) is 0 Å². The molecule has 0 atom stereocenters. The van der Waals surface area contributed by atoms with Gasteiger partial charge < -0.3 is 10.5 Å². The molecule has 2 N–H and O–H groups in total. The molecule has 0 spiro atoms. The summed E-state index contributed by atoms with van der Waals surface area (Å²) in [5.41, 5.74) is 7.57. The number of nitrogens with two attached hydrogens (primary N) is 1. The third kappa shape index (κ3) is 3.46. The second-order valence-electron chi connectivity index (χ2n) is 4.11. The molecule has 98 valence electrons. The molecule has 2 aromatic carbocycles. The van der Waals surface area contributed by atoms with Crippen LogP contribution in [-0.4, -0.2) is 4.99 Å². The lowest BCUT2D eigenvalue weighted by molar-refractivity contribution is 0.481. The van der Waals surface area contributed by atoms with Crippen LogP contribution in [0, 0.1) is 0 Å². The minimum atomic E-state index is 0.290. The van der Waals surface area contributed by atoms with Crippen LogP contribution in [0.15, 0.2) is 42.5 Å². The lowest BCUT2D eigenvalue weighted by atomic mass is 10.1. The molecule has 0 fully saturated rings. The zero-order valence-corrected chi connectivity index (χ0v) is 12.1. The van der Waals surface area contributed by atoms with Crippen molar-refractivity contribution >= 4 is 28.8 Å². The molecule has 2 aromatic rings. The highest BCUT2D eigenvalue weighted by Gasteiger charge is 2.08. The molecule has 0 heterocycles. The van der Waals surface area contributed by atoms with E-state index in [0.29, 0.717) is 21.3 Å². The number of aryl methyl sites for hydroxylation is 1. The van der Waals surface area contributed by atoms with Gasteiger partial charge in [-0.3, -0.25) is 0 Å². The van der Waals surface area contributed by atoms with E-state index in [0.717, 1.165) is 12.2 Å². The van der Waals surface area contributed by atoms with Gasteiger partial charge in [0.25, 0.3) is 0 Å². The first-order valence-electron chi connectivity index (χ1n) is 5.96. The number of thiocarbonyl (C=S) groups is 1. The van der Waals surface area contributed by atoms with E-state index in [4.69, 9.17) is 34.3 Å². The maximum absolute atomic E-state index is 5.98. The van der Waals surface area contributed by atoms with Crippen molar-refractivity contribution in [3.8, 4) is 11.5 Å². The van der Waals surface area contributed by atoms with Crippen molar-refractivity contribution in [1.82, 2.24) is 0 Å². The number of rotatable bonds is 4. The molecule has 0 radical (unpaired) electrons. The first kappa shape index (κ1) is 13.8. The lowest BCUT2D eigenvalue weighted by Gasteiger charge is -2.11. The van der Waals surface area contributed by atoms with Gasteiger partial charge in [-0.25, -0.2) is 0 Å². The van der Waals surface area contributed by atoms with Gasteiger partial charge in [-0.15, -0.1) is 0 Å². The Morgan fingerprint density at radius 2 is 2.05 bits per heavy atom. The van der Waals surface area contributed by atoms with E-state index in [-0.39, 0.29) is 0 Å². The minimum Gasteiger partial charge on any atom is -0.457 e. The number of ether oxygens (including phenoxy) is 1. The van der Waals surface area contributed by atoms with Crippen LogP contribution < -0.4 is 10.5 Å². The zero-order valence-electron chi connectivity index (χ0n) is 10.5. The summed E-state index contributed by atoms with van der Waals surface area (Å²) in [4.78, 5) is 0.290. The Morgan fingerprint density at radius 3 is 2.74 bits per heavy atom. The molecular formula is C15H14ClNOS. The summed E-state index contributed by atoms with van der Waals surface area (Å²) in [7, 11) is 0. The fourth-order valence-corrected chi connectivity index (χ4v) is 2.07. The summed E-state index contributed by atoms with van der Waals surface area (Å²) in [6.45, 7) is 2.10. The summed E-state index contributed by atoms with van der Waals surface area (Å²) in [6.07, 6.45) is 0.953. The summed E-state index contributed by atoms with van der Waals surface area (Å²) in [5, 5.41) is 0.585. The van der Waals surface area contributed by atoms with Crippen LogP contribution in [0.25, 0.3) is 0 Å². The van der Waals surface area contributed by atoms with Gasteiger partial charge in [-0.05, 0) is 36.2 Å². The summed E-state index contributed by atoms with van der Waals surface area (Å²) in [6, 6.07) is 13.1. The maximum atomic E-state index is 5.98. The van der Waals surface area contributed by atoms with E-state index < -0.39 is 0 Å².